The molecule has 2 rings (SSSR count). The lowest BCUT2D eigenvalue weighted by molar-refractivity contribution is -0.139. The number of carboxylic acids is 1. The number of carbonyl (C=O) groups excluding carboxylic acids is 1. The molecular weight excluding hydrogens is 337 g/mol. The molecule has 2 aromatic rings. The van der Waals surface area contributed by atoms with Gasteiger partial charge in [-0.3, -0.25) is 4.79 Å². The molecule has 0 heterocycles. The molecule has 0 radical (unpaired) electrons. The van der Waals surface area contributed by atoms with Gasteiger partial charge in [-0.2, -0.15) is 5.26 Å². The summed E-state index contributed by atoms with van der Waals surface area (Å²) in [6.07, 6.45) is -0.207. The highest BCUT2D eigenvalue weighted by Crippen LogP contribution is 2.15. The molecule has 0 saturated heterocycles. The minimum atomic E-state index is -1.50. The van der Waals surface area contributed by atoms with E-state index in [1.54, 1.807) is 6.07 Å². The lowest BCUT2D eigenvalue weighted by atomic mass is 10.0. The number of hydrogen-bond donors (Lipinski definition) is 2. The van der Waals surface area contributed by atoms with Gasteiger partial charge in [-0.1, -0.05) is 12.1 Å². The van der Waals surface area contributed by atoms with Crippen LogP contribution in [0.3, 0.4) is 0 Å². The maximum Gasteiger partial charge on any atom is 0.326 e. The SMILES string of the molecule is N#Cc1cccc(C[C@H](NC(=O)c2c(F)cc(F)cc2F)C(=O)O)c1. The predicted molar refractivity (Wildman–Crippen MR) is 80.1 cm³/mol. The van der Waals surface area contributed by atoms with Crippen LogP contribution in [0.5, 0.6) is 0 Å². The number of carboxylic acid groups (broad SMARTS) is 1. The fourth-order valence-electron chi connectivity index (χ4n) is 2.19. The average Bonchev–Trinajstić information content (AvgIpc) is 2.53. The van der Waals surface area contributed by atoms with E-state index in [-0.39, 0.29) is 6.42 Å². The van der Waals surface area contributed by atoms with Crippen LogP contribution in [0, 0.1) is 28.8 Å². The van der Waals surface area contributed by atoms with E-state index in [9.17, 15) is 27.9 Å². The summed E-state index contributed by atoms with van der Waals surface area (Å²) < 4.78 is 40.1. The Morgan fingerprint density at radius 3 is 2.36 bits per heavy atom. The zero-order valence-corrected chi connectivity index (χ0v) is 12.6. The van der Waals surface area contributed by atoms with Crippen molar-refractivity contribution in [1.29, 1.82) is 5.26 Å². The highest BCUT2D eigenvalue weighted by molar-refractivity contribution is 5.97. The number of hydrogen-bond acceptors (Lipinski definition) is 3. The standard InChI is InChI=1S/C17H11F3N2O3/c18-11-6-12(19)15(13(20)7-11)16(23)22-14(17(24)25)5-9-2-1-3-10(4-9)8-21/h1-4,6-7,14H,5H2,(H,22,23)(H,24,25)/t14-/m0/s1. The Morgan fingerprint density at radius 1 is 1.16 bits per heavy atom. The number of nitrogens with one attached hydrogen (secondary N) is 1. The van der Waals surface area contributed by atoms with Crippen LogP contribution in [0.1, 0.15) is 21.5 Å². The second-order valence-electron chi connectivity index (χ2n) is 5.13. The van der Waals surface area contributed by atoms with Crippen LogP contribution < -0.4 is 5.32 Å². The maximum atomic E-state index is 13.6. The summed E-state index contributed by atoms with van der Waals surface area (Å²) >= 11 is 0. The highest BCUT2D eigenvalue weighted by atomic mass is 19.1. The summed E-state index contributed by atoms with van der Waals surface area (Å²) in [7, 11) is 0. The fourth-order valence-corrected chi connectivity index (χ4v) is 2.19. The van der Waals surface area contributed by atoms with Gasteiger partial charge in [0.2, 0.25) is 0 Å². The second-order valence-corrected chi connectivity index (χ2v) is 5.13. The Hall–Kier alpha value is -3.34. The molecule has 1 atom stereocenters. The van der Waals surface area contributed by atoms with Gasteiger partial charge >= 0.3 is 5.97 Å². The highest BCUT2D eigenvalue weighted by Gasteiger charge is 2.25. The molecule has 25 heavy (non-hydrogen) atoms. The first-order valence-corrected chi connectivity index (χ1v) is 6.99. The molecule has 0 saturated carbocycles. The average molecular weight is 348 g/mol. The van der Waals surface area contributed by atoms with Crippen molar-refractivity contribution in [2.24, 2.45) is 0 Å². The molecule has 0 unspecified atom stereocenters. The Bertz CT molecular complexity index is 855. The van der Waals surface area contributed by atoms with Crippen molar-refractivity contribution in [3.63, 3.8) is 0 Å². The van der Waals surface area contributed by atoms with Crippen LogP contribution in [-0.2, 0) is 11.2 Å². The molecule has 0 bridgehead atoms. The lowest BCUT2D eigenvalue weighted by Gasteiger charge is -2.15. The molecule has 0 aliphatic carbocycles. The van der Waals surface area contributed by atoms with Crippen LogP contribution in [0.15, 0.2) is 36.4 Å². The summed E-state index contributed by atoms with van der Waals surface area (Å²) in [6.45, 7) is 0. The Balaban J connectivity index is 2.23. The number of nitriles is 1. The van der Waals surface area contributed by atoms with E-state index >= 15 is 0 Å². The summed E-state index contributed by atoms with van der Waals surface area (Å²) in [6, 6.07) is 7.07. The van der Waals surface area contributed by atoms with Gasteiger partial charge in [0.05, 0.1) is 11.6 Å². The van der Waals surface area contributed by atoms with Crippen LogP contribution in [0.4, 0.5) is 13.2 Å². The van der Waals surface area contributed by atoms with E-state index in [2.05, 4.69) is 0 Å². The van der Waals surface area contributed by atoms with Gasteiger partial charge in [-0.05, 0) is 17.7 Å². The minimum Gasteiger partial charge on any atom is -0.480 e. The number of rotatable bonds is 5. The number of carbonyl (C=O) groups is 2. The molecule has 0 aliphatic rings. The maximum absolute atomic E-state index is 13.6. The van der Waals surface area contributed by atoms with Crippen molar-refractivity contribution in [2.45, 2.75) is 12.5 Å². The molecule has 2 aromatic carbocycles. The third-order valence-corrected chi connectivity index (χ3v) is 3.33. The number of amides is 1. The predicted octanol–water partition coefficient (Wildman–Crippen LogP) is 2.40. The van der Waals surface area contributed by atoms with Crippen LogP contribution in [0.2, 0.25) is 0 Å². The molecular formula is C17H11F3N2O3. The molecule has 128 valence electrons. The lowest BCUT2D eigenvalue weighted by Crippen LogP contribution is -2.43. The van der Waals surface area contributed by atoms with Gasteiger partial charge < -0.3 is 10.4 Å². The quantitative estimate of drug-likeness (QED) is 0.868. The van der Waals surface area contributed by atoms with E-state index in [0.717, 1.165) is 0 Å². The summed E-state index contributed by atoms with van der Waals surface area (Å²) in [5, 5.41) is 20.0. The monoisotopic (exact) mass is 348 g/mol. The fraction of sp³-hybridized carbons (Fsp3) is 0.118. The zero-order valence-electron chi connectivity index (χ0n) is 12.6. The Labute approximate surface area is 140 Å². The Kier molecular flexibility index (Phi) is 5.39. The van der Waals surface area contributed by atoms with Crippen LogP contribution in [0.25, 0.3) is 0 Å². The number of nitrogens with zero attached hydrogens (tertiary/aromatic N) is 1. The smallest absolute Gasteiger partial charge is 0.326 e. The van der Waals surface area contributed by atoms with Gasteiger partial charge in [0.25, 0.3) is 5.91 Å². The molecule has 0 aliphatic heterocycles. The third kappa shape index (κ3) is 4.35. The van der Waals surface area contributed by atoms with Crippen molar-refractivity contribution in [1.82, 2.24) is 5.32 Å². The minimum absolute atomic E-state index is 0.207. The van der Waals surface area contributed by atoms with Gasteiger partial charge in [0.15, 0.2) is 0 Å². The van der Waals surface area contributed by atoms with Crippen LogP contribution >= 0.6 is 0 Å². The first-order chi connectivity index (χ1) is 11.8. The molecule has 2 N–H and O–H groups in total. The van der Waals surface area contributed by atoms with E-state index in [0.29, 0.717) is 23.3 Å². The normalized spacial score (nSPS) is 11.4. The van der Waals surface area contributed by atoms with Crippen LogP contribution in [-0.4, -0.2) is 23.0 Å². The van der Waals surface area contributed by atoms with Crippen molar-refractivity contribution in [2.75, 3.05) is 0 Å². The summed E-state index contributed by atoms with van der Waals surface area (Å²) in [5.74, 6) is -6.83. The van der Waals surface area contributed by atoms with E-state index < -0.39 is 40.9 Å². The van der Waals surface area contributed by atoms with Gasteiger partial charge in [0, 0.05) is 18.6 Å². The molecule has 1 amide bonds. The first kappa shape index (κ1) is 18.0. The molecule has 0 aromatic heterocycles. The molecule has 0 fully saturated rings. The van der Waals surface area contributed by atoms with Gasteiger partial charge in [0.1, 0.15) is 29.1 Å². The summed E-state index contributed by atoms with van der Waals surface area (Å²) in [5.41, 5.74) is -0.339. The molecule has 8 heteroatoms. The van der Waals surface area contributed by atoms with E-state index in [1.165, 1.54) is 18.2 Å². The zero-order chi connectivity index (χ0) is 18.6. The number of aliphatic carboxylic acids is 1. The largest absolute Gasteiger partial charge is 0.480 e. The Morgan fingerprint density at radius 2 is 1.80 bits per heavy atom. The third-order valence-electron chi connectivity index (χ3n) is 3.33. The molecule has 0 spiro atoms. The topological polar surface area (TPSA) is 90.2 Å². The van der Waals surface area contributed by atoms with E-state index in [1.807, 2.05) is 11.4 Å². The van der Waals surface area contributed by atoms with Crippen molar-refractivity contribution in [3.8, 4) is 6.07 Å². The van der Waals surface area contributed by atoms with E-state index in [4.69, 9.17) is 5.26 Å². The number of halogens is 3. The van der Waals surface area contributed by atoms with Crippen molar-refractivity contribution in [3.05, 3.63) is 70.5 Å². The van der Waals surface area contributed by atoms with Crippen molar-refractivity contribution >= 4 is 11.9 Å². The van der Waals surface area contributed by atoms with Crippen molar-refractivity contribution < 1.29 is 27.9 Å². The molecule has 5 nitrogen and oxygen atoms in total. The summed E-state index contributed by atoms with van der Waals surface area (Å²) in [4.78, 5) is 23.3. The van der Waals surface area contributed by atoms with Gasteiger partial charge in [-0.15, -0.1) is 0 Å². The second kappa shape index (κ2) is 7.49. The first-order valence-electron chi connectivity index (χ1n) is 6.99. The van der Waals surface area contributed by atoms with Gasteiger partial charge in [-0.25, -0.2) is 18.0 Å². The number of benzene rings is 2.